The molecule has 1 rings (SSSR count). The second kappa shape index (κ2) is 6.49. The second-order valence-electron chi connectivity index (χ2n) is 4.22. The lowest BCUT2D eigenvalue weighted by atomic mass is 10.4. The van der Waals surface area contributed by atoms with Crippen molar-refractivity contribution in [3.63, 3.8) is 0 Å². The average molecular weight is 300 g/mol. The zero-order valence-corrected chi connectivity index (χ0v) is 12.0. The summed E-state index contributed by atoms with van der Waals surface area (Å²) in [5.74, 6) is -1.75. The van der Waals surface area contributed by atoms with Crippen LogP contribution >= 0.6 is 0 Å². The molecule has 0 aliphatic rings. The fourth-order valence-electron chi connectivity index (χ4n) is 1.46. The molecule has 1 amide bonds. The molecule has 0 bridgehead atoms. The van der Waals surface area contributed by atoms with E-state index in [0.717, 1.165) is 9.21 Å². The van der Waals surface area contributed by atoms with E-state index in [9.17, 15) is 18.0 Å². The van der Waals surface area contributed by atoms with Crippen molar-refractivity contribution in [2.45, 2.75) is 4.90 Å². The molecule has 0 saturated heterocycles. The Balaban J connectivity index is 2.78. The molecule has 0 radical (unpaired) electrons. The van der Waals surface area contributed by atoms with Crippen LogP contribution in [0.2, 0.25) is 0 Å². The number of aliphatic carboxylic acids is 1. The highest BCUT2D eigenvalue weighted by molar-refractivity contribution is 7.89. The van der Waals surface area contributed by atoms with Crippen molar-refractivity contribution in [3.8, 4) is 0 Å². The summed E-state index contributed by atoms with van der Waals surface area (Å²) >= 11 is 0. The maximum atomic E-state index is 12.2. The van der Waals surface area contributed by atoms with Crippen LogP contribution in [0.15, 0.2) is 35.2 Å². The predicted molar refractivity (Wildman–Crippen MR) is 71.5 cm³/mol. The van der Waals surface area contributed by atoms with Crippen LogP contribution in [0.25, 0.3) is 0 Å². The molecule has 0 unspecified atom stereocenters. The minimum absolute atomic E-state index is 0.0798. The summed E-state index contributed by atoms with van der Waals surface area (Å²) in [6, 6.07) is 7.71. The zero-order valence-electron chi connectivity index (χ0n) is 11.2. The number of carbonyl (C=O) groups is 2. The normalized spacial score (nSPS) is 11.3. The van der Waals surface area contributed by atoms with Gasteiger partial charge in [-0.2, -0.15) is 4.31 Å². The minimum atomic E-state index is -3.76. The molecule has 0 heterocycles. The maximum Gasteiger partial charge on any atom is 0.323 e. The molecule has 1 aromatic rings. The summed E-state index contributed by atoms with van der Waals surface area (Å²) in [4.78, 5) is 23.3. The van der Waals surface area contributed by atoms with Gasteiger partial charge in [0.05, 0.1) is 11.4 Å². The number of hydrogen-bond donors (Lipinski definition) is 1. The number of rotatable bonds is 6. The van der Waals surface area contributed by atoms with Gasteiger partial charge in [-0.25, -0.2) is 8.42 Å². The maximum absolute atomic E-state index is 12.2. The summed E-state index contributed by atoms with van der Waals surface area (Å²) < 4.78 is 25.2. The van der Waals surface area contributed by atoms with Crippen LogP contribution in [0.5, 0.6) is 0 Å². The van der Waals surface area contributed by atoms with Gasteiger partial charge in [0.1, 0.15) is 6.54 Å². The second-order valence-corrected chi connectivity index (χ2v) is 6.26. The van der Waals surface area contributed by atoms with E-state index in [0.29, 0.717) is 0 Å². The van der Waals surface area contributed by atoms with E-state index in [2.05, 4.69) is 0 Å². The van der Waals surface area contributed by atoms with Crippen molar-refractivity contribution < 1.29 is 23.1 Å². The van der Waals surface area contributed by atoms with Gasteiger partial charge in [0, 0.05) is 14.1 Å². The molecule has 0 spiro atoms. The number of carboxylic acids is 1. The molecule has 110 valence electrons. The third-order valence-electron chi connectivity index (χ3n) is 2.61. The van der Waals surface area contributed by atoms with Gasteiger partial charge in [-0.05, 0) is 12.1 Å². The first-order valence-electron chi connectivity index (χ1n) is 5.72. The van der Waals surface area contributed by atoms with Crippen molar-refractivity contribution >= 4 is 21.9 Å². The Morgan fingerprint density at radius 2 is 1.65 bits per heavy atom. The largest absolute Gasteiger partial charge is 0.480 e. The van der Waals surface area contributed by atoms with Crippen LogP contribution in [0.3, 0.4) is 0 Å². The fourth-order valence-corrected chi connectivity index (χ4v) is 2.60. The Morgan fingerprint density at radius 1 is 1.10 bits per heavy atom. The van der Waals surface area contributed by atoms with Crippen LogP contribution in [0, 0.1) is 0 Å². The Bertz CT molecular complexity index is 585. The number of benzene rings is 1. The average Bonchev–Trinajstić information content (AvgIpc) is 2.38. The SMILES string of the molecule is CN(CC(=O)O)C(=O)CN(C)S(=O)(=O)c1ccccc1. The van der Waals surface area contributed by atoms with Crippen molar-refractivity contribution in [2.24, 2.45) is 0 Å². The number of hydrogen-bond acceptors (Lipinski definition) is 4. The number of carbonyl (C=O) groups excluding carboxylic acids is 1. The fraction of sp³-hybridized carbons (Fsp3) is 0.333. The van der Waals surface area contributed by atoms with E-state index >= 15 is 0 Å². The molecule has 7 nitrogen and oxygen atoms in total. The highest BCUT2D eigenvalue weighted by Gasteiger charge is 2.24. The third-order valence-corrected chi connectivity index (χ3v) is 4.43. The molecular weight excluding hydrogens is 284 g/mol. The van der Waals surface area contributed by atoms with Crippen molar-refractivity contribution in [1.82, 2.24) is 9.21 Å². The summed E-state index contributed by atoms with van der Waals surface area (Å²) in [7, 11) is -1.18. The monoisotopic (exact) mass is 300 g/mol. The van der Waals surface area contributed by atoms with Crippen LogP contribution in [-0.2, 0) is 19.6 Å². The highest BCUT2D eigenvalue weighted by atomic mass is 32.2. The molecule has 0 aliphatic heterocycles. The van der Waals surface area contributed by atoms with E-state index in [1.807, 2.05) is 0 Å². The topological polar surface area (TPSA) is 95.0 Å². The predicted octanol–water partition coefficient (Wildman–Crippen LogP) is -0.150. The van der Waals surface area contributed by atoms with Gasteiger partial charge in [-0.3, -0.25) is 9.59 Å². The van der Waals surface area contributed by atoms with Crippen molar-refractivity contribution in [2.75, 3.05) is 27.2 Å². The molecule has 1 N–H and O–H groups in total. The lowest BCUT2D eigenvalue weighted by Gasteiger charge is -2.20. The van der Waals surface area contributed by atoms with E-state index < -0.39 is 35.0 Å². The van der Waals surface area contributed by atoms with Gasteiger partial charge < -0.3 is 10.0 Å². The third kappa shape index (κ3) is 4.04. The standard InChI is InChI=1S/C12H16N2O5S/c1-13(9-12(16)17)11(15)8-14(2)20(18,19)10-6-4-3-5-7-10/h3-7H,8-9H2,1-2H3,(H,16,17). The van der Waals surface area contributed by atoms with Crippen LogP contribution in [0.1, 0.15) is 0 Å². The van der Waals surface area contributed by atoms with E-state index in [1.165, 1.54) is 26.2 Å². The molecule has 0 aromatic heterocycles. The van der Waals surface area contributed by atoms with Crippen LogP contribution < -0.4 is 0 Å². The molecule has 0 fully saturated rings. The van der Waals surface area contributed by atoms with Crippen molar-refractivity contribution in [3.05, 3.63) is 30.3 Å². The Kier molecular flexibility index (Phi) is 5.23. The van der Waals surface area contributed by atoms with Crippen LogP contribution in [-0.4, -0.2) is 61.8 Å². The number of amides is 1. The first-order chi connectivity index (χ1) is 9.25. The summed E-state index contributed by atoms with van der Waals surface area (Å²) in [6.07, 6.45) is 0. The zero-order chi connectivity index (χ0) is 15.3. The summed E-state index contributed by atoms with van der Waals surface area (Å²) in [5, 5.41) is 8.58. The van der Waals surface area contributed by atoms with Gasteiger partial charge in [-0.1, -0.05) is 18.2 Å². The lowest BCUT2D eigenvalue weighted by molar-refractivity contribution is -0.143. The first-order valence-corrected chi connectivity index (χ1v) is 7.16. The highest BCUT2D eigenvalue weighted by Crippen LogP contribution is 2.13. The van der Waals surface area contributed by atoms with Crippen molar-refractivity contribution in [1.29, 1.82) is 0 Å². The summed E-state index contributed by atoms with van der Waals surface area (Å²) in [6.45, 7) is -0.890. The lowest BCUT2D eigenvalue weighted by Crippen LogP contribution is -2.41. The van der Waals surface area contributed by atoms with Gasteiger partial charge in [0.2, 0.25) is 15.9 Å². The van der Waals surface area contributed by atoms with Crippen LogP contribution in [0.4, 0.5) is 0 Å². The number of sulfonamides is 1. The van der Waals surface area contributed by atoms with E-state index in [4.69, 9.17) is 5.11 Å². The number of nitrogens with zero attached hydrogens (tertiary/aromatic N) is 2. The number of carboxylic acid groups (broad SMARTS) is 1. The Morgan fingerprint density at radius 3 is 2.15 bits per heavy atom. The molecular formula is C12H16N2O5S. The quantitative estimate of drug-likeness (QED) is 0.788. The van der Waals surface area contributed by atoms with Gasteiger partial charge >= 0.3 is 5.97 Å². The van der Waals surface area contributed by atoms with Gasteiger partial charge in [0.15, 0.2) is 0 Å². The molecule has 20 heavy (non-hydrogen) atoms. The smallest absolute Gasteiger partial charge is 0.323 e. The molecule has 0 aliphatic carbocycles. The Hall–Kier alpha value is -1.93. The first kappa shape index (κ1) is 16.1. The molecule has 8 heteroatoms. The summed E-state index contributed by atoms with van der Waals surface area (Å²) in [5.41, 5.74) is 0. The molecule has 0 atom stereocenters. The van der Waals surface area contributed by atoms with Gasteiger partial charge in [-0.15, -0.1) is 0 Å². The van der Waals surface area contributed by atoms with Gasteiger partial charge in [0.25, 0.3) is 0 Å². The molecule has 1 aromatic carbocycles. The minimum Gasteiger partial charge on any atom is -0.480 e. The number of likely N-dealkylation sites (N-methyl/N-ethyl adjacent to an activating group) is 2. The molecule has 0 saturated carbocycles. The van der Waals surface area contributed by atoms with E-state index in [1.54, 1.807) is 18.2 Å². The van der Waals surface area contributed by atoms with E-state index in [-0.39, 0.29) is 4.90 Å². The Labute approximate surface area is 117 Å².